The molecule has 2 unspecified atom stereocenters. The van der Waals surface area contributed by atoms with Crippen LogP contribution >= 0.6 is 9.24 Å². The molecule has 0 bridgehead atoms. The molecule has 5 rings (SSSR count). The summed E-state index contributed by atoms with van der Waals surface area (Å²) in [4.78, 5) is 45.0. The molecule has 0 spiro atoms. The molecular weight excluding hydrogens is 542 g/mol. The van der Waals surface area contributed by atoms with E-state index in [-0.39, 0.29) is 17.6 Å². The van der Waals surface area contributed by atoms with Crippen molar-refractivity contribution < 1.29 is 14.0 Å². The van der Waals surface area contributed by atoms with Gasteiger partial charge in [0, 0.05) is 42.2 Å². The zero-order chi connectivity index (χ0) is 29.4. The van der Waals surface area contributed by atoms with Crippen LogP contribution in [0, 0.1) is 27.7 Å². The molecule has 0 aliphatic carbocycles. The maximum atomic E-state index is 14.4. The highest BCUT2D eigenvalue weighted by Gasteiger charge is 2.25. The van der Waals surface area contributed by atoms with Gasteiger partial charge < -0.3 is 5.32 Å². The molecule has 3 aromatic heterocycles. The predicted octanol–water partition coefficient (Wildman–Crippen LogP) is 5.20. The number of alkyl halides is 1. The van der Waals surface area contributed by atoms with Crippen LogP contribution in [0.5, 0.6) is 0 Å². The fraction of sp³-hybridized carbons (Fsp3) is 0.345. The summed E-state index contributed by atoms with van der Waals surface area (Å²) >= 11 is 0. The SMILES string of the molecule is Cc1ccc(C(F)P)c(-c2cnc(C)c(C(=O)Nc3cnn([C@H](C)c4cnc(N5CCCC5=O)nc4C)c3)n2)c1C. The van der Waals surface area contributed by atoms with Gasteiger partial charge in [-0.3, -0.25) is 24.2 Å². The lowest BCUT2D eigenvalue weighted by atomic mass is 9.95. The number of nitrogens with one attached hydrogen (secondary N) is 1. The van der Waals surface area contributed by atoms with Crippen LogP contribution in [0.4, 0.5) is 16.0 Å². The van der Waals surface area contributed by atoms with E-state index in [1.807, 2.05) is 33.8 Å². The lowest BCUT2D eigenvalue weighted by Crippen LogP contribution is -2.26. The number of nitrogens with zero attached hydrogens (tertiary/aromatic N) is 7. The Morgan fingerprint density at radius 1 is 1.05 bits per heavy atom. The molecule has 1 saturated heterocycles. The average Bonchev–Trinajstić information content (AvgIpc) is 3.59. The van der Waals surface area contributed by atoms with Crippen molar-refractivity contribution in [3.63, 3.8) is 0 Å². The highest BCUT2D eigenvalue weighted by molar-refractivity contribution is 7.16. The van der Waals surface area contributed by atoms with Gasteiger partial charge in [-0.1, -0.05) is 21.4 Å². The van der Waals surface area contributed by atoms with Crippen molar-refractivity contribution in [1.82, 2.24) is 29.7 Å². The Morgan fingerprint density at radius 2 is 1.83 bits per heavy atom. The highest BCUT2D eigenvalue weighted by atomic mass is 31.0. The quantitative estimate of drug-likeness (QED) is 0.302. The summed E-state index contributed by atoms with van der Waals surface area (Å²) in [5.41, 5.74) is 6.07. The van der Waals surface area contributed by atoms with Crippen LogP contribution in [-0.4, -0.2) is 48.1 Å². The Morgan fingerprint density at radius 3 is 2.51 bits per heavy atom. The van der Waals surface area contributed by atoms with Crippen LogP contribution in [0.15, 0.2) is 36.9 Å². The second-order valence-electron chi connectivity index (χ2n) is 10.3. The fourth-order valence-electron chi connectivity index (χ4n) is 5.00. The first-order chi connectivity index (χ1) is 19.5. The smallest absolute Gasteiger partial charge is 0.276 e. The predicted molar refractivity (Wildman–Crippen MR) is 158 cm³/mol. The largest absolute Gasteiger partial charge is 0.318 e. The first kappa shape index (κ1) is 28.4. The van der Waals surface area contributed by atoms with E-state index >= 15 is 0 Å². The van der Waals surface area contributed by atoms with Gasteiger partial charge in [0.15, 0.2) is 0 Å². The summed E-state index contributed by atoms with van der Waals surface area (Å²) in [6.45, 7) is 10.0. The van der Waals surface area contributed by atoms with E-state index in [9.17, 15) is 14.0 Å². The number of halogens is 1. The van der Waals surface area contributed by atoms with Crippen molar-refractivity contribution in [1.29, 1.82) is 0 Å². The molecule has 12 heteroatoms. The van der Waals surface area contributed by atoms with Crippen molar-refractivity contribution in [2.24, 2.45) is 0 Å². The maximum absolute atomic E-state index is 14.4. The number of hydrogen-bond donors (Lipinski definition) is 1. The van der Waals surface area contributed by atoms with Gasteiger partial charge in [0.2, 0.25) is 11.9 Å². The molecule has 1 N–H and O–H groups in total. The molecule has 4 heterocycles. The molecule has 1 aromatic carbocycles. The second kappa shape index (κ2) is 11.4. The third kappa shape index (κ3) is 5.59. The molecule has 1 fully saturated rings. The minimum atomic E-state index is -1.29. The molecule has 0 radical (unpaired) electrons. The van der Waals surface area contributed by atoms with Crippen LogP contribution < -0.4 is 10.2 Å². The lowest BCUT2D eigenvalue weighted by Gasteiger charge is -2.18. The zero-order valence-electron chi connectivity index (χ0n) is 23.6. The Bertz CT molecular complexity index is 1650. The second-order valence-corrected chi connectivity index (χ2v) is 10.8. The van der Waals surface area contributed by atoms with E-state index < -0.39 is 11.8 Å². The minimum absolute atomic E-state index is 0.0357. The number of aryl methyl sites for hydroxylation is 3. The summed E-state index contributed by atoms with van der Waals surface area (Å²) in [7, 11) is 2.17. The maximum Gasteiger partial charge on any atom is 0.276 e. The van der Waals surface area contributed by atoms with Crippen LogP contribution in [-0.2, 0) is 4.79 Å². The molecule has 1 aliphatic heterocycles. The van der Waals surface area contributed by atoms with Crippen molar-refractivity contribution in [3.05, 3.63) is 76.3 Å². The van der Waals surface area contributed by atoms with E-state index in [0.717, 1.165) is 28.8 Å². The summed E-state index contributed by atoms with van der Waals surface area (Å²) < 4.78 is 16.1. The van der Waals surface area contributed by atoms with E-state index in [2.05, 4.69) is 39.6 Å². The number of aromatic nitrogens is 6. The number of hydrogen-bond acceptors (Lipinski definition) is 7. The van der Waals surface area contributed by atoms with E-state index in [1.165, 1.54) is 0 Å². The Hall–Kier alpha value is -4.11. The molecule has 10 nitrogen and oxygen atoms in total. The van der Waals surface area contributed by atoms with Crippen molar-refractivity contribution in [2.75, 3.05) is 16.8 Å². The fourth-order valence-corrected chi connectivity index (χ4v) is 5.28. The van der Waals surface area contributed by atoms with Crippen LogP contribution in [0.1, 0.15) is 75.9 Å². The van der Waals surface area contributed by atoms with Crippen LogP contribution in [0.25, 0.3) is 11.3 Å². The summed E-state index contributed by atoms with van der Waals surface area (Å²) in [6.07, 6.45) is 7.88. The van der Waals surface area contributed by atoms with Gasteiger partial charge >= 0.3 is 0 Å². The molecule has 2 amide bonds. The highest BCUT2D eigenvalue weighted by Crippen LogP contribution is 2.36. The molecule has 41 heavy (non-hydrogen) atoms. The minimum Gasteiger partial charge on any atom is -0.318 e. The molecule has 0 saturated carbocycles. The number of benzene rings is 1. The van der Waals surface area contributed by atoms with Gasteiger partial charge in [-0.25, -0.2) is 19.3 Å². The van der Waals surface area contributed by atoms with E-state index in [4.69, 9.17) is 0 Å². The molecule has 1 aliphatic rings. The summed E-state index contributed by atoms with van der Waals surface area (Å²) in [5, 5.41) is 7.29. The number of anilines is 2. The molecule has 3 atom stereocenters. The van der Waals surface area contributed by atoms with Gasteiger partial charge in [-0.15, -0.1) is 0 Å². The van der Waals surface area contributed by atoms with E-state index in [1.54, 1.807) is 47.4 Å². The first-order valence-corrected chi connectivity index (χ1v) is 14.0. The number of carbonyl (C=O) groups excluding carboxylic acids is 2. The first-order valence-electron chi connectivity index (χ1n) is 13.4. The van der Waals surface area contributed by atoms with E-state index in [0.29, 0.717) is 47.1 Å². The van der Waals surface area contributed by atoms with Crippen molar-refractivity contribution >= 4 is 32.7 Å². The van der Waals surface area contributed by atoms with Gasteiger partial charge in [0.05, 0.1) is 35.5 Å². The number of amides is 2. The Labute approximate surface area is 240 Å². The number of carbonyl (C=O) groups is 2. The third-order valence-electron chi connectivity index (χ3n) is 7.52. The summed E-state index contributed by atoms with van der Waals surface area (Å²) in [5.74, 6) is -1.28. The molecule has 212 valence electrons. The zero-order valence-corrected chi connectivity index (χ0v) is 24.8. The van der Waals surface area contributed by atoms with Gasteiger partial charge in [0.25, 0.3) is 5.91 Å². The Kier molecular flexibility index (Phi) is 7.91. The molecule has 4 aromatic rings. The van der Waals surface area contributed by atoms with Crippen LogP contribution in [0.2, 0.25) is 0 Å². The Balaban J connectivity index is 1.36. The van der Waals surface area contributed by atoms with Crippen molar-refractivity contribution in [3.8, 4) is 11.3 Å². The third-order valence-corrected chi connectivity index (χ3v) is 7.88. The molecular formula is C29H32FN8O2P. The lowest BCUT2D eigenvalue weighted by molar-refractivity contribution is -0.117. The monoisotopic (exact) mass is 574 g/mol. The normalized spacial score (nSPS) is 14.8. The van der Waals surface area contributed by atoms with Crippen LogP contribution in [0.3, 0.4) is 0 Å². The standard InChI is InChI=1S/C29H32FN8O2P/c1-15-8-9-21(27(30)41)25(16(15)2)23-13-31-18(4)26(36-23)28(40)35-20-11-33-38(14-20)19(5)22-12-32-29(34-17(22)3)37-10-6-7-24(37)39/h8-9,11-14,19,27H,6-7,10,41H2,1-5H3,(H,35,40)/t19-,27?/m1/s1. The van der Waals surface area contributed by atoms with Gasteiger partial charge in [0.1, 0.15) is 11.6 Å². The summed E-state index contributed by atoms with van der Waals surface area (Å²) in [6, 6.07) is 3.38. The van der Waals surface area contributed by atoms with Crippen molar-refractivity contribution in [2.45, 2.75) is 59.4 Å². The van der Waals surface area contributed by atoms with Gasteiger partial charge in [-0.2, -0.15) is 5.10 Å². The average molecular weight is 575 g/mol. The van der Waals surface area contributed by atoms with Gasteiger partial charge in [-0.05, 0) is 57.7 Å². The topological polar surface area (TPSA) is 119 Å². The number of rotatable bonds is 7.